The molecule has 0 fully saturated rings. The fourth-order valence-corrected chi connectivity index (χ4v) is 3.89. The summed E-state index contributed by atoms with van der Waals surface area (Å²) in [4.78, 5) is 1.25. The van der Waals surface area contributed by atoms with Crippen LogP contribution in [-0.2, 0) is 25.1 Å². The summed E-state index contributed by atoms with van der Waals surface area (Å²) in [5.74, 6) is 1.47. The highest BCUT2D eigenvalue weighted by molar-refractivity contribution is 9.10. The topological polar surface area (TPSA) is 17.8 Å². The van der Waals surface area contributed by atoms with Crippen LogP contribution in [0.2, 0.25) is 0 Å². The van der Waals surface area contributed by atoms with Crippen LogP contribution in [0.3, 0.4) is 0 Å². The largest absolute Gasteiger partial charge is 0.270 e. The molecule has 0 atom stereocenters. The number of nitrogens with zero attached hydrogens (tertiary/aromatic N) is 2. The van der Waals surface area contributed by atoms with E-state index in [1.807, 2.05) is 23.5 Å². The van der Waals surface area contributed by atoms with Crippen LogP contribution < -0.4 is 0 Å². The number of hydrogen-bond donors (Lipinski definition) is 0. The molecule has 0 aliphatic rings. The van der Waals surface area contributed by atoms with Gasteiger partial charge in [0.25, 0.3) is 0 Å². The fourth-order valence-electron chi connectivity index (χ4n) is 1.80. The first-order chi connectivity index (χ1) is 9.15. The number of rotatable bonds is 5. The number of aromatic nitrogens is 2. The molecular weight excluding hydrogens is 344 g/mol. The van der Waals surface area contributed by atoms with E-state index in [2.05, 4.69) is 52.2 Å². The van der Waals surface area contributed by atoms with Crippen molar-refractivity contribution in [1.82, 2.24) is 9.78 Å². The number of aryl methyl sites for hydroxylation is 2. The molecule has 102 valence electrons. The van der Waals surface area contributed by atoms with Gasteiger partial charge < -0.3 is 0 Å². The highest BCUT2D eigenvalue weighted by atomic mass is 79.9. The summed E-state index contributed by atoms with van der Waals surface area (Å²) in [5.41, 5.74) is 3.50. The third-order valence-corrected chi connectivity index (χ3v) is 5.20. The molecule has 0 bridgehead atoms. The maximum Gasteiger partial charge on any atom is 0.0767 e. The monoisotopic (exact) mass is 358 g/mol. The molecule has 0 radical (unpaired) electrons. The summed E-state index contributed by atoms with van der Waals surface area (Å²) < 4.78 is 3.10. The van der Waals surface area contributed by atoms with Crippen LogP contribution in [0.1, 0.15) is 23.9 Å². The van der Waals surface area contributed by atoms with Crippen molar-refractivity contribution in [2.45, 2.75) is 29.9 Å². The lowest BCUT2D eigenvalue weighted by atomic mass is 10.2. The van der Waals surface area contributed by atoms with Crippen LogP contribution in [0, 0.1) is 0 Å². The summed E-state index contributed by atoms with van der Waals surface area (Å²) in [6.45, 7) is 2.12. The van der Waals surface area contributed by atoms with E-state index in [1.54, 1.807) is 0 Å². The second-order valence-corrected chi connectivity index (χ2v) is 6.36. The Kier molecular flexibility index (Phi) is 5.37. The van der Waals surface area contributed by atoms with E-state index in [1.165, 1.54) is 10.6 Å². The van der Waals surface area contributed by atoms with Gasteiger partial charge >= 0.3 is 0 Å². The Morgan fingerprint density at radius 2 is 2.00 bits per heavy atom. The maximum absolute atomic E-state index is 5.79. The first-order valence-electron chi connectivity index (χ1n) is 6.13. The van der Waals surface area contributed by atoms with Gasteiger partial charge in [0.15, 0.2) is 0 Å². The Labute approximate surface area is 131 Å². The Morgan fingerprint density at radius 1 is 1.32 bits per heavy atom. The van der Waals surface area contributed by atoms with E-state index in [0.717, 1.165) is 27.9 Å². The lowest BCUT2D eigenvalue weighted by Crippen LogP contribution is -1.96. The van der Waals surface area contributed by atoms with Gasteiger partial charge in [-0.25, -0.2) is 0 Å². The average Bonchev–Trinajstić information content (AvgIpc) is 2.72. The molecule has 0 aliphatic carbocycles. The van der Waals surface area contributed by atoms with Gasteiger partial charge in [0.1, 0.15) is 0 Å². The number of halogens is 2. The van der Waals surface area contributed by atoms with Crippen LogP contribution in [-0.4, -0.2) is 9.78 Å². The van der Waals surface area contributed by atoms with Gasteiger partial charge in [0.05, 0.1) is 15.9 Å². The first kappa shape index (κ1) is 14.9. The zero-order valence-electron chi connectivity index (χ0n) is 11.0. The molecule has 1 aromatic carbocycles. The van der Waals surface area contributed by atoms with Gasteiger partial charge in [0.2, 0.25) is 0 Å². The first-order valence-corrected chi connectivity index (χ1v) is 8.45. The number of alkyl halides is 1. The Balaban J connectivity index is 2.07. The molecule has 2 nitrogen and oxygen atoms in total. The van der Waals surface area contributed by atoms with Crippen LogP contribution in [0.15, 0.2) is 33.6 Å². The molecular formula is C14H16BrClN2S. The number of hydrogen-bond acceptors (Lipinski definition) is 2. The van der Waals surface area contributed by atoms with Gasteiger partial charge in [0, 0.05) is 23.6 Å². The summed E-state index contributed by atoms with van der Waals surface area (Å²) in [5, 5.41) is 4.51. The molecule has 0 saturated heterocycles. The van der Waals surface area contributed by atoms with Crippen molar-refractivity contribution in [3.8, 4) is 0 Å². The van der Waals surface area contributed by atoms with Gasteiger partial charge in [-0.1, -0.05) is 19.1 Å². The summed E-state index contributed by atoms with van der Waals surface area (Å²) in [7, 11) is 2.00. The molecule has 19 heavy (non-hydrogen) atoms. The van der Waals surface area contributed by atoms with Gasteiger partial charge in [-0.2, -0.15) is 5.10 Å². The van der Waals surface area contributed by atoms with Crippen molar-refractivity contribution in [3.05, 3.63) is 45.7 Å². The predicted octanol–water partition coefficient (Wildman–Crippen LogP) is 4.78. The van der Waals surface area contributed by atoms with Gasteiger partial charge in [-0.3, -0.25) is 4.68 Å². The molecule has 1 aromatic heterocycles. The second-order valence-electron chi connectivity index (χ2n) is 4.25. The van der Waals surface area contributed by atoms with Gasteiger partial charge in [-0.15, -0.1) is 23.4 Å². The third-order valence-electron chi connectivity index (χ3n) is 2.96. The van der Waals surface area contributed by atoms with Crippen molar-refractivity contribution in [2.24, 2.45) is 7.05 Å². The Hall–Kier alpha value is -0.450. The zero-order chi connectivity index (χ0) is 13.8. The van der Waals surface area contributed by atoms with Crippen molar-refractivity contribution < 1.29 is 0 Å². The van der Waals surface area contributed by atoms with E-state index in [9.17, 15) is 0 Å². The molecule has 0 N–H and O–H groups in total. The number of benzene rings is 1. The summed E-state index contributed by atoms with van der Waals surface area (Å²) >= 11 is 11.2. The maximum atomic E-state index is 5.79. The molecule has 5 heteroatoms. The molecule has 2 aromatic rings. The van der Waals surface area contributed by atoms with Crippen molar-refractivity contribution >= 4 is 39.3 Å². The van der Waals surface area contributed by atoms with Crippen molar-refractivity contribution in [3.63, 3.8) is 0 Å². The SMILES string of the molecule is CCc1nn(C)c(CSc2ccc(CCl)cc2)c1Br. The molecule has 0 saturated carbocycles. The smallest absolute Gasteiger partial charge is 0.0767 e. The highest BCUT2D eigenvalue weighted by Crippen LogP contribution is 2.29. The molecule has 0 unspecified atom stereocenters. The minimum Gasteiger partial charge on any atom is -0.270 e. The quantitative estimate of drug-likeness (QED) is 0.565. The molecule has 0 aliphatic heterocycles. The van der Waals surface area contributed by atoms with Crippen molar-refractivity contribution in [2.75, 3.05) is 0 Å². The van der Waals surface area contributed by atoms with Crippen LogP contribution in [0.5, 0.6) is 0 Å². The minimum absolute atomic E-state index is 0.568. The Bertz CT molecular complexity index is 551. The lowest BCUT2D eigenvalue weighted by molar-refractivity contribution is 0.719. The van der Waals surface area contributed by atoms with Crippen molar-refractivity contribution in [1.29, 1.82) is 0 Å². The van der Waals surface area contributed by atoms with E-state index < -0.39 is 0 Å². The summed E-state index contributed by atoms with van der Waals surface area (Å²) in [6, 6.07) is 8.39. The second kappa shape index (κ2) is 6.82. The van der Waals surface area contributed by atoms with Crippen LogP contribution >= 0.6 is 39.3 Å². The normalized spacial score (nSPS) is 10.9. The lowest BCUT2D eigenvalue weighted by Gasteiger charge is -2.04. The molecule has 1 heterocycles. The fraction of sp³-hybridized carbons (Fsp3) is 0.357. The van der Waals surface area contributed by atoms with E-state index in [-0.39, 0.29) is 0 Å². The third kappa shape index (κ3) is 3.56. The number of thioether (sulfide) groups is 1. The standard InChI is InChI=1S/C14H16BrClN2S/c1-3-12-14(15)13(18(2)17-12)9-19-11-6-4-10(8-16)5-7-11/h4-7H,3,8-9H2,1-2H3. The minimum atomic E-state index is 0.568. The van der Waals surface area contributed by atoms with Crippen LogP contribution in [0.25, 0.3) is 0 Å². The van der Waals surface area contributed by atoms with E-state index in [0.29, 0.717) is 5.88 Å². The molecule has 0 amide bonds. The van der Waals surface area contributed by atoms with Gasteiger partial charge in [-0.05, 0) is 40.0 Å². The Morgan fingerprint density at radius 3 is 2.53 bits per heavy atom. The van der Waals surface area contributed by atoms with E-state index >= 15 is 0 Å². The van der Waals surface area contributed by atoms with Crippen LogP contribution in [0.4, 0.5) is 0 Å². The predicted molar refractivity (Wildman–Crippen MR) is 85.8 cm³/mol. The zero-order valence-corrected chi connectivity index (χ0v) is 14.1. The van der Waals surface area contributed by atoms with E-state index in [4.69, 9.17) is 11.6 Å². The average molecular weight is 360 g/mol. The molecule has 0 spiro atoms. The molecule has 2 rings (SSSR count). The summed E-state index contributed by atoms with van der Waals surface area (Å²) in [6.07, 6.45) is 0.948. The highest BCUT2D eigenvalue weighted by Gasteiger charge is 2.12.